The molecule has 0 spiro atoms. The lowest BCUT2D eigenvalue weighted by molar-refractivity contribution is 0.0554. The Morgan fingerprint density at radius 1 is 1.17 bits per heavy atom. The molecule has 2 aromatic rings. The average molecular weight is 473 g/mol. The highest BCUT2D eigenvalue weighted by molar-refractivity contribution is 9.09. The maximum Gasteiger partial charge on any atom is 0.178 e. The van der Waals surface area contributed by atoms with Crippen LogP contribution in [0.5, 0.6) is 28.7 Å². The molecule has 0 amide bonds. The fourth-order valence-electron chi connectivity index (χ4n) is 4.38. The molecule has 156 valence electrons. The van der Waals surface area contributed by atoms with E-state index in [1.54, 1.807) is 26.4 Å². The molecule has 0 aromatic heterocycles. The zero-order valence-electron chi connectivity index (χ0n) is 16.7. The van der Waals surface area contributed by atoms with Crippen molar-refractivity contribution in [1.82, 2.24) is 0 Å². The molecule has 3 heterocycles. The van der Waals surface area contributed by atoms with Crippen molar-refractivity contribution in [2.45, 2.75) is 24.5 Å². The quantitative estimate of drug-likeness (QED) is 0.493. The van der Waals surface area contributed by atoms with Crippen molar-refractivity contribution in [2.75, 3.05) is 26.2 Å². The number of methoxy groups -OCH3 is 2. The summed E-state index contributed by atoms with van der Waals surface area (Å²) >= 11 is 3.44. The summed E-state index contributed by atoms with van der Waals surface area (Å²) in [6, 6.07) is 7.22. The van der Waals surface area contributed by atoms with Gasteiger partial charge in [-0.1, -0.05) is 22.5 Å². The van der Waals surface area contributed by atoms with Gasteiger partial charge < -0.3 is 23.7 Å². The molecular formula is C23H21BrO6. The van der Waals surface area contributed by atoms with Crippen molar-refractivity contribution in [3.05, 3.63) is 53.1 Å². The van der Waals surface area contributed by atoms with Crippen LogP contribution in [0.15, 0.2) is 36.4 Å². The van der Waals surface area contributed by atoms with E-state index >= 15 is 0 Å². The SMILES string of the molecule is C=C(CBr)[C@@H]1Cc2c(ccc3c2O[C@@H]2COc4cc(OC)c(OC)cc4[C@@H]2C3=O)O1. The van der Waals surface area contributed by atoms with E-state index in [1.807, 2.05) is 12.1 Å². The molecule has 3 aliphatic rings. The molecule has 0 saturated heterocycles. The van der Waals surface area contributed by atoms with Crippen LogP contribution in [0.2, 0.25) is 0 Å². The molecule has 0 aliphatic carbocycles. The summed E-state index contributed by atoms with van der Waals surface area (Å²) in [6.07, 6.45) is 0.0960. The van der Waals surface area contributed by atoms with Crippen LogP contribution in [0.4, 0.5) is 0 Å². The van der Waals surface area contributed by atoms with Crippen LogP contribution < -0.4 is 23.7 Å². The summed E-state index contributed by atoms with van der Waals surface area (Å²) in [7, 11) is 3.14. The van der Waals surface area contributed by atoms with E-state index in [0.717, 1.165) is 22.4 Å². The summed E-state index contributed by atoms with van der Waals surface area (Å²) in [5.41, 5.74) is 3.20. The number of carbonyl (C=O) groups excluding carboxylic acids is 1. The third kappa shape index (κ3) is 2.79. The van der Waals surface area contributed by atoms with Crippen LogP contribution >= 0.6 is 15.9 Å². The van der Waals surface area contributed by atoms with Gasteiger partial charge in [-0.05, 0) is 23.8 Å². The predicted molar refractivity (Wildman–Crippen MR) is 114 cm³/mol. The molecule has 0 fully saturated rings. The van der Waals surface area contributed by atoms with E-state index in [1.165, 1.54) is 0 Å². The largest absolute Gasteiger partial charge is 0.493 e. The van der Waals surface area contributed by atoms with Gasteiger partial charge in [0.05, 0.1) is 25.7 Å². The fourth-order valence-corrected chi connectivity index (χ4v) is 4.74. The third-order valence-corrected chi connectivity index (χ3v) is 6.67. The normalized spacial score (nSPS) is 23.0. The summed E-state index contributed by atoms with van der Waals surface area (Å²) in [4.78, 5) is 13.6. The van der Waals surface area contributed by atoms with Gasteiger partial charge in [0, 0.05) is 28.9 Å². The third-order valence-electron chi connectivity index (χ3n) is 5.95. The molecule has 0 bridgehead atoms. The molecule has 0 radical (unpaired) electrons. The minimum Gasteiger partial charge on any atom is -0.493 e. The lowest BCUT2D eigenvalue weighted by Crippen LogP contribution is -2.43. The van der Waals surface area contributed by atoms with Crippen molar-refractivity contribution in [3.8, 4) is 28.7 Å². The van der Waals surface area contributed by atoms with Gasteiger partial charge in [0.25, 0.3) is 0 Å². The van der Waals surface area contributed by atoms with E-state index in [0.29, 0.717) is 40.3 Å². The van der Waals surface area contributed by atoms with Gasteiger partial charge in [-0.3, -0.25) is 4.79 Å². The highest BCUT2D eigenvalue weighted by atomic mass is 79.9. The fraction of sp³-hybridized carbons (Fsp3) is 0.348. The van der Waals surface area contributed by atoms with Gasteiger partial charge in [-0.2, -0.15) is 0 Å². The maximum absolute atomic E-state index is 13.6. The van der Waals surface area contributed by atoms with Crippen molar-refractivity contribution in [3.63, 3.8) is 0 Å². The molecule has 0 saturated carbocycles. The minimum atomic E-state index is -0.463. The smallest absolute Gasteiger partial charge is 0.178 e. The van der Waals surface area contributed by atoms with E-state index in [4.69, 9.17) is 23.7 Å². The number of hydrogen-bond acceptors (Lipinski definition) is 6. The molecule has 3 aliphatic heterocycles. The zero-order valence-corrected chi connectivity index (χ0v) is 18.3. The Labute approximate surface area is 182 Å². The molecule has 30 heavy (non-hydrogen) atoms. The van der Waals surface area contributed by atoms with Crippen LogP contribution in [-0.2, 0) is 6.42 Å². The Kier molecular flexibility index (Phi) is 4.65. The number of benzene rings is 2. The number of fused-ring (bicyclic) bond motifs is 6. The molecule has 7 heteroatoms. The van der Waals surface area contributed by atoms with Gasteiger partial charge >= 0.3 is 0 Å². The van der Waals surface area contributed by atoms with Gasteiger partial charge in [0.1, 0.15) is 36.1 Å². The van der Waals surface area contributed by atoms with Gasteiger partial charge in [-0.15, -0.1) is 0 Å². The number of halogens is 1. The number of Topliss-reactive ketones (excluding diaryl/α,β-unsaturated/α-hetero) is 1. The molecule has 6 nitrogen and oxygen atoms in total. The van der Waals surface area contributed by atoms with Gasteiger partial charge in [0.15, 0.2) is 17.3 Å². The highest BCUT2D eigenvalue weighted by Gasteiger charge is 2.45. The Morgan fingerprint density at radius 3 is 2.67 bits per heavy atom. The van der Waals surface area contributed by atoms with Crippen molar-refractivity contribution < 1.29 is 28.5 Å². The van der Waals surface area contributed by atoms with E-state index in [-0.39, 0.29) is 18.5 Å². The topological polar surface area (TPSA) is 63.2 Å². The summed E-state index contributed by atoms with van der Waals surface area (Å²) in [6.45, 7) is 4.34. The highest BCUT2D eigenvalue weighted by Crippen LogP contribution is 2.49. The van der Waals surface area contributed by atoms with Crippen molar-refractivity contribution >= 4 is 21.7 Å². The first kappa shape index (κ1) is 19.3. The Hall–Kier alpha value is -2.67. The van der Waals surface area contributed by atoms with Gasteiger partial charge in [0.2, 0.25) is 0 Å². The van der Waals surface area contributed by atoms with Crippen LogP contribution in [0.3, 0.4) is 0 Å². The first-order valence-electron chi connectivity index (χ1n) is 9.71. The first-order chi connectivity index (χ1) is 14.5. The molecular weight excluding hydrogens is 452 g/mol. The van der Waals surface area contributed by atoms with Crippen LogP contribution in [0.25, 0.3) is 0 Å². The van der Waals surface area contributed by atoms with Crippen LogP contribution in [-0.4, -0.2) is 44.1 Å². The summed E-state index contributed by atoms with van der Waals surface area (Å²) in [5, 5.41) is 0.661. The first-order valence-corrected chi connectivity index (χ1v) is 10.8. The second-order valence-electron chi connectivity index (χ2n) is 7.58. The molecule has 3 atom stereocenters. The number of alkyl halides is 1. The number of hydrogen-bond donors (Lipinski definition) is 0. The number of ketones is 1. The second-order valence-corrected chi connectivity index (χ2v) is 8.14. The Morgan fingerprint density at radius 2 is 1.93 bits per heavy atom. The predicted octanol–water partition coefficient (Wildman–Crippen LogP) is 4.08. The second kappa shape index (κ2) is 7.23. The monoisotopic (exact) mass is 472 g/mol. The maximum atomic E-state index is 13.6. The molecule has 5 rings (SSSR count). The average Bonchev–Trinajstić information content (AvgIpc) is 3.22. The Bertz CT molecular complexity index is 1060. The molecule has 2 aromatic carbocycles. The lowest BCUT2D eigenvalue weighted by atomic mass is 9.81. The molecule has 0 N–H and O–H groups in total. The van der Waals surface area contributed by atoms with E-state index in [2.05, 4.69) is 22.5 Å². The minimum absolute atomic E-state index is 0.0172. The van der Waals surface area contributed by atoms with E-state index < -0.39 is 12.0 Å². The zero-order chi connectivity index (χ0) is 21.0. The number of carbonyl (C=O) groups is 1. The van der Waals surface area contributed by atoms with Gasteiger partial charge in [-0.25, -0.2) is 0 Å². The Balaban J connectivity index is 1.56. The number of ether oxygens (including phenoxy) is 5. The number of rotatable bonds is 4. The summed E-state index contributed by atoms with van der Waals surface area (Å²) < 4.78 is 29.1. The van der Waals surface area contributed by atoms with Crippen LogP contribution in [0.1, 0.15) is 27.4 Å². The van der Waals surface area contributed by atoms with E-state index in [9.17, 15) is 4.79 Å². The lowest BCUT2D eigenvalue weighted by Gasteiger charge is -2.37. The molecule has 0 unspecified atom stereocenters. The van der Waals surface area contributed by atoms with Crippen LogP contribution in [0, 0.1) is 0 Å². The van der Waals surface area contributed by atoms with Crippen molar-refractivity contribution in [1.29, 1.82) is 0 Å². The summed E-state index contributed by atoms with van der Waals surface area (Å²) in [5.74, 6) is 2.64. The van der Waals surface area contributed by atoms with Crippen molar-refractivity contribution in [2.24, 2.45) is 0 Å². The standard InChI is InChI=1S/C23H21BrO6/c1-11(9-24)16-7-14-15(29-16)5-4-12-22(25)21-13-6-18(26-2)19(27-3)8-17(13)28-10-20(21)30-23(12)14/h4-6,8,16,20-21H,1,7,9-10H2,2-3H3/t16-,20+,21-/m0/s1.